The number of nitrogens with two attached hydrogens (primary N) is 2. The summed E-state index contributed by atoms with van der Waals surface area (Å²) in [5, 5.41) is 0. The van der Waals surface area contributed by atoms with Crippen LogP contribution in [-0.4, -0.2) is 8.64 Å². The molecule has 0 unspecified atom stereocenters. The standard InChI is InChI=1S/C14H14.2CH3NS2.Zn/c1-3-7-13(8-4-1)11-12-14-9-5-2-6-10-14;2*2-1(3)4;/h1-10H,11-12H2;2*(H3,2,3,4);/q;;;+2/p-2. The van der Waals surface area contributed by atoms with Crippen molar-refractivity contribution in [1.82, 2.24) is 0 Å². The summed E-state index contributed by atoms with van der Waals surface area (Å²) < 4.78 is 0.167. The molecule has 0 heterocycles. The molecule has 4 N–H and O–H groups in total. The fraction of sp³-hybridized carbons (Fsp3) is 0.125. The van der Waals surface area contributed by atoms with Crippen LogP contribution in [0.4, 0.5) is 0 Å². The van der Waals surface area contributed by atoms with Crippen molar-refractivity contribution in [3.63, 3.8) is 0 Å². The fourth-order valence-electron chi connectivity index (χ4n) is 1.58. The third kappa shape index (κ3) is 19.2. The van der Waals surface area contributed by atoms with Crippen molar-refractivity contribution in [3.8, 4) is 0 Å². The van der Waals surface area contributed by atoms with Crippen LogP contribution in [0.5, 0.6) is 0 Å². The summed E-state index contributed by atoms with van der Waals surface area (Å²) in [6, 6.07) is 21.2. The summed E-state index contributed by atoms with van der Waals surface area (Å²) in [4.78, 5) is 0. The van der Waals surface area contributed by atoms with Crippen molar-refractivity contribution in [1.29, 1.82) is 0 Å². The van der Waals surface area contributed by atoms with Crippen molar-refractivity contribution in [2.45, 2.75) is 12.8 Å². The molecule has 0 spiro atoms. The van der Waals surface area contributed by atoms with E-state index in [0.717, 1.165) is 12.8 Å². The van der Waals surface area contributed by atoms with Crippen LogP contribution in [0.15, 0.2) is 60.7 Å². The minimum Gasteiger partial charge on any atom is -0.415 e. The average molecular weight is 432 g/mol. The Bertz CT molecular complexity index is 491. The number of hydrogen-bond acceptors (Lipinski definition) is 4. The molecular formula is C16H18N2S4Zn. The van der Waals surface area contributed by atoms with Crippen LogP contribution in [0, 0.1) is 0 Å². The van der Waals surface area contributed by atoms with E-state index in [1.54, 1.807) is 0 Å². The molecule has 0 saturated heterocycles. The van der Waals surface area contributed by atoms with E-state index in [9.17, 15) is 0 Å². The molecule has 2 aromatic rings. The van der Waals surface area contributed by atoms with Crippen molar-refractivity contribution < 1.29 is 19.5 Å². The molecule has 7 heteroatoms. The zero-order valence-corrected chi connectivity index (χ0v) is 18.9. The first kappa shape index (κ1) is 24.5. The van der Waals surface area contributed by atoms with Crippen molar-refractivity contribution >= 4 is 58.3 Å². The van der Waals surface area contributed by atoms with Gasteiger partial charge >= 0.3 is 19.5 Å². The van der Waals surface area contributed by atoms with Crippen LogP contribution in [0.3, 0.4) is 0 Å². The van der Waals surface area contributed by atoms with Crippen LogP contribution in [-0.2, 0) is 57.6 Å². The summed E-state index contributed by atoms with van der Waals surface area (Å²) in [7, 11) is 0. The molecule has 23 heavy (non-hydrogen) atoms. The minimum atomic E-state index is 0. The van der Waals surface area contributed by atoms with Crippen molar-refractivity contribution in [2.75, 3.05) is 0 Å². The summed E-state index contributed by atoms with van der Waals surface area (Å²) in [5.41, 5.74) is 12.1. The monoisotopic (exact) mass is 430 g/mol. The third-order valence-corrected chi connectivity index (χ3v) is 2.39. The second-order valence-electron chi connectivity index (χ2n) is 4.11. The van der Waals surface area contributed by atoms with Crippen molar-refractivity contribution in [3.05, 3.63) is 71.8 Å². The van der Waals surface area contributed by atoms with Crippen LogP contribution >= 0.6 is 24.4 Å². The maximum atomic E-state index is 4.66. The molecule has 2 rings (SSSR count). The van der Waals surface area contributed by atoms with E-state index in [1.165, 1.54) is 11.1 Å². The van der Waals surface area contributed by atoms with Gasteiger partial charge < -0.3 is 61.2 Å². The van der Waals surface area contributed by atoms with Gasteiger partial charge in [-0.2, -0.15) is 0 Å². The first-order chi connectivity index (χ1) is 10.4. The van der Waals surface area contributed by atoms with Gasteiger partial charge in [-0.15, -0.1) is 0 Å². The van der Waals surface area contributed by atoms with E-state index in [0.29, 0.717) is 0 Å². The van der Waals surface area contributed by atoms with E-state index < -0.39 is 0 Å². The molecule has 0 aliphatic rings. The Morgan fingerprint density at radius 1 is 0.696 bits per heavy atom. The molecule has 0 saturated carbocycles. The van der Waals surface area contributed by atoms with Gasteiger partial charge in [0, 0.05) is 0 Å². The quantitative estimate of drug-likeness (QED) is 0.442. The van der Waals surface area contributed by atoms with Gasteiger partial charge in [0.15, 0.2) is 0 Å². The Hall–Kier alpha value is -0.717. The zero-order chi connectivity index (χ0) is 16.8. The number of aryl methyl sites for hydroxylation is 2. The normalized spacial score (nSPS) is 8.17. The minimum absolute atomic E-state index is 0. The molecule has 0 aromatic heterocycles. The molecule has 2 nitrogen and oxygen atoms in total. The molecule has 0 atom stereocenters. The molecule has 0 aliphatic heterocycles. The Morgan fingerprint density at radius 3 is 1.13 bits per heavy atom. The van der Waals surface area contributed by atoms with Gasteiger partial charge in [-0.1, -0.05) is 69.3 Å². The molecular weight excluding hydrogens is 414 g/mol. The summed E-state index contributed by atoms with van der Waals surface area (Å²) >= 11 is 16.5. The van der Waals surface area contributed by atoms with Crippen LogP contribution < -0.4 is 11.5 Å². The van der Waals surface area contributed by atoms with Crippen LogP contribution in [0.1, 0.15) is 11.1 Å². The van der Waals surface area contributed by atoms with E-state index in [2.05, 4.69) is 122 Å². The van der Waals surface area contributed by atoms with Crippen LogP contribution in [0.25, 0.3) is 0 Å². The van der Waals surface area contributed by atoms with Crippen LogP contribution in [0.2, 0.25) is 0 Å². The Kier molecular flexibility index (Phi) is 17.2. The van der Waals surface area contributed by atoms with Gasteiger partial charge in [0.05, 0.1) is 0 Å². The molecule has 118 valence electrons. The summed E-state index contributed by atoms with van der Waals surface area (Å²) in [6.45, 7) is 0. The molecule has 0 radical (unpaired) electrons. The first-order valence-corrected chi connectivity index (χ1v) is 8.06. The van der Waals surface area contributed by atoms with Crippen molar-refractivity contribution in [2.24, 2.45) is 11.5 Å². The predicted molar refractivity (Wildman–Crippen MR) is 109 cm³/mol. The van der Waals surface area contributed by atoms with E-state index >= 15 is 0 Å². The Morgan fingerprint density at radius 2 is 0.913 bits per heavy atom. The summed E-state index contributed by atoms with van der Waals surface area (Å²) in [5.74, 6) is 0. The third-order valence-electron chi connectivity index (χ3n) is 2.39. The van der Waals surface area contributed by atoms with E-state index in [-0.39, 0.29) is 28.1 Å². The smallest absolute Gasteiger partial charge is 0.415 e. The van der Waals surface area contributed by atoms with Gasteiger partial charge in [0.1, 0.15) is 0 Å². The second-order valence-corrected chi connectivity index (χ2v) is 6.39. The Labute approximate surface area is 173 Å². The molecule has 0 bridgehead atoms. The topological polar surface area (TPSA) is 52.0 Å². The van der Waals surface area contributed by atoms with E-state index in [1.807, 2.05) is 0 Å². The number of thiocarbonyl (C=S) groups is 2. The molecule has 2 aromatic carbocycles. The maximum Gasteiger partial charge on any atom is 2.00 e. The van der Waals surface area contributed by atoms with Gasteiger partial charge in [0.25, 0.3) is 0 Å². The number of hydrogen-bond donors (Lipinski definition) is 2. The average Bonchev–Trinajstić information content (AvgIpc) is 2.46. The Balaban J connectivity index is 0. The van der Waals surface area contributed by atoms with Gasteiger partial charge in [-0.3, -0.25) is 0 Å². The van der Waals surface area contributed by atoms with E-state index in [4.69, 9.17) is 0 Å². The molecule has 0 aliphatic carbocycles. The maximum absolute atomic E-state index is 4.66. The number of rotatable bonds is 3. The fourth-order valence-corrected chi connectivity index (χ4v) is 1.58. The first-order valence-electron chi connectivity index (χ1n) is 6.42. The number of benzene rings is 2. The zero-order valence-electron chi connectivity index (χ0n) is 12.7. The predicted octanol–water partition coefficient (Wildman–Crippen LogP) is 3.02. The summed E-state index contributed by atoms with van der Waals surface area (Å²) in [6.07, 6.45) is 2.26. The van der Waals surface area contributed by atoms with Gasteiger partial charge in [0.2, 0.25) is 0 Å². The largest absolute Gasteiger partial charge is 2.00 e. The van der Waals surface area contributed by atoms with Gasteiger partial charge in [-0.25, -0.2) is 0 Å². The van der Waals surface area contributed by atoms with Gasteiger partial charge in [-0.05, 0) is 24.0 Å². The second kappa shape index (κ2) is 16.2. The SMILES string of the molecule is NC(=S)[S-].NC(=S)[S-].[Zn+2].c1ccc(CCc2ccccc2)cc1. The molecule has 0 amide bonds. The molecule has 0 fully saturated rings.